The summed E-state index contributed by atoms with van der Waals surface area (Å²) in [5.74, 6) is 0.423. The van der Waals surface area contributed by atoms with Crippen LogP contribution in [0.4, 0.5) is 5.69 Å². The second-order valence-electron chi connectivity index (χ2n) is 7.12. The van der Waals surface area contributed by atoms with Gasteiger partial charge in [-0.25, -0.2) is 0 Å². The molecular formula is C20H29NO2S2. The molecule has 1 aliphatic rings. The largest absolute Gasteiger partial charge is 0.325 e. The minimum atomic E-state index is -0.285. The third-order valence-corrected chi connectivity index (χ3v) is 7.54. The molecule has 0 aromatic heterocycles. The van der Waals surface area contributed by atoms with E-state index in [0.717, 1.165) is 36.3 Å². The number of hydrogen-bond acceptors (Lipinski definition) is 4. The smallest absolute Gasteiger partial charge is 0.230 e. The van der Waals surface area contributed by atoms with E-state index in [0.29, 0.717) is 5.92 Å². The zero-order chi connectivity index (χ0) is 18.4. The van der Waals surface area contributed by atoms with Gasteiger partial charge in [-0.15, -0.1) is 0 Å². The number of para-hydroxylation sites is 1. The summed E-state index contributed by atoms with van der Waals surface area (Å²) in [5.41, 5.74) is 0.469. The molecule has 1 fully saturated rings. The van der Waals surface area contributed by atoms with Crippen molar-refractivity contribution in [1.82, 2.24) is 0 Å². The molecule has 0 heterocycles. The van der Waals surface area contributed by atoms with Gasteiger partial charge >= 0.3 is 0 Å². The van der Waals surface area contributed by atoms with Gasteiger partial charge in [0.2, 0.25) is 11.0 Å². The topological polar surface area (TPSA) is 46.2 Å². The van der Waals surface area contributed by atoms with Crippen molar-refractivity contribution in [3.05, 3.63) is 24.3 Å². The summed E-state index contributed by atoms with van der Waals surface area (Å²) in [5, 5.41) is 3.20. The van der Waals surface area contributed by atoms with E-state index in [9.17, 15) is 9.59 Å². The first-order valence-corrected chi connectivity index (χ1v) is 11.2. The first kappa shape index (κ1) is 20.4. The van der Waals surface area contributed by atoms with Crippen molar-refractivity contribution >= 4 is 40.2 Å². The van der Waals surface area contributed by atoms with Crippen molar-refractivity contribution in [2.24, 2.45) is 11.3 Å². The van der Waals surface area contributed by atoms with Gasteiger partial charge in [0.25, 0.3) is 0 Å². The molecule has 3 nitrogen and oxygen atoms in total. The summed E-state index contributed by atoms with van der Waals surface area (Å²) in [6, 6.07) is 7.63. The molecule has 1 amide bonds. The minimum absolute atomic E-state index is 0.0610. The SMILES string of the molecule is CSC(C)C(=O)Sc1ccccc1NC(=O)C1(C(C)C)CCCCC1. The number of rotatable bonds is 6. The van der Waals surface area contributed by atoms with Crippen LogP contribution in [0.1, 0.15) is 52.9 Å². The van der Waals surface area contributed by atoms with Crippen LogP contribution in [0.25, 0.3) is 0 Å². The summed E-state index contributed by atoms with van der Waals surface area (Å²) in [7, 11) is 0. The summed E-state index contributed by atoms with van der Waals surface area (Å²) >= 11 is 2.76. The van der Waals surface area contributed by atoms with Gasteiger partial charge in [-0.1, -0.05) is 45.2 Å². The van der Waals surface area contributed by atoms with Crippen molar-refractivity contribution in [2.45, 2.75) is 63.0 Å². The molecule has 138 valence electrons. The third kappa shape index (κ3) is 4.82. The van der Waals surface area contributed by atoms with Crippen molar-refractivity contribution in [2.75, 3.05) is 11.6 Å². The van der Waals surface area contributed by atoms with Crippen molar-refractivity contribution < 1.29 is 9.59 Å². The van der Waals surface area contributed by atoms with E-state index in [1.165, 1.54) is 18.2 Å². The minimum Gasteiger partial charge on any atom is -0.325 e. The number of amides is 1. The monoisotopic (exact) mass is 379 g/mol. The highest BCUT2D eigenvalue weighted by atomic mass is 32.2. The van der Waals surface area contributed by atoms with Crippen LogP contribution in [0.5, 0.6) is 0 Å². The first-order valence-electron chi connectivity index (χ1n) is 9.05. The van der Waals surface area contributed by atoms with E-state index in [-0.39, 0.29) is 21.7 Å². The molecule has 0 radical (unpaired) electrons. The molecule has 1 atom stereocenters. The second kappa shape index (κ2) is 9.13. The van der Waals surface area contributed by atoms with E-state index < -0.39 is 0 Å². The molecule has 0 spiro atoms. The molecule has 1 saturated carbocycles. The van der Waals surface area contributed by atoms with Gasteiger partial charge in [-0.3, -0.25) is 9.59 Å². The molecule has 1 aromatic rings. The molecule has 1 unspecified atom stereocenters. The quantitative estimate of drug-likeness (QED) is 0.653. The lowest BCUT2D eigenvalue weighted by Crippen LogP contribution is -2.42. The van der Waals surface area contributed by atoms with Gasteiger partial charge in [-0.05, 0) is 55.8 Å². The normalized spacial score (nSPS) is 18.0. The number of hydrogen-bond donors (Lipinski definition) is 1. The highest BCUT2D eigenvalue weighted by Crippen LogP contribution is 2.44. The Hall–Kier alpha value is -0.940. The van der Waals surface area contributed by atoms with E-state index >= 15 is 0 Å². The predicted molar refractivity (Wildman–Crippen MR) is 109 cm³/mol. The van der Waals surface area contributed by atoms with E-state index in [2.05, 4.69) is 19.2 Å². The average molecular weight is 380 g/mol. The van der Waals surface area contributed by atoms with Crippen LogP contribution >= 0.6 is 23.5 Å². The molecule has 5 heteroatoms. The summed E-state index contributed by atoms with van der Waals surface area (Å²) in [6.45, 7) is 6.21. The van der Waals surface area contributed by atoms with Gasteiger partial charge in [0.05, 0.1) is 16.4 Å². The fourth-order valence-electron chi connectivity index (χ4n) is 3.44. The van der Waals surface area contributed by atoms with Gasteiger partial charge in [0.15, 0.2) is 0 Å². The Labute approximate surface area is 160 Å². The molecule has 2 rings (SSSR count). The Bertz CT molecular complexity index is 609. The van der Waals surface area contributed by atoms with E-state index in [4.69, 9.17) is 0 Å². The summed E-state index contributed by atoms with van der Waals surface area (Å²) in [4.78, 5) is 26.3. The number of anilines is 1. The lowest BCUT2D eigenvalue weighted by Gasteiger charge is -2.39. The summed E-state index contributed by atoms with van der Waals surface area (Å²) in [6.07, 6.45) is 7.29. The van der Waals surface area contributed by atoms with Crippen LogP contribution in [0.15, 0.2) is 29.2 Å². The fraction of sp³-hybridized carbons (Fsp3) is 0.600. The summed E-state index contributed by atoms with van der Waals surface area (Å²) < 4.78 is 0. The number of benzene rings is 1. The Morgan fingerprint density at radius 2 is 1.72 bits per heavy atom. The molecule has 0 saturated heterocycles. The number of carbonyl (C=O) groups excluding carboxylic acids is 2. The zero-order valence-electron chi connectivity index (χ0n) is 15.6. The highest BCUT2D eigenvalue weighted by molar-refractivity contribution is 8.16. The molecule has 25 heavy (non-hydrogen) atoms. The third-order valence-electron chi connectivity index (χ3n) is 5.33. The molecule has 1 N–H and O–H groups in total. The Morgan fingerprint density at radius 1 is 1.08 bits per heavy atom. The zero-order valence-corrected chi connectivity index (χ0v) is 17.3. The maximum atomic E-state index is 13.1. The van der Waals surface area contributed by atoms with Crippen molar-refractivity contribution in [3.63, 3.8) is 0 Å². The number of nitrogens with one attached hydrogen (secondary N) is 1. The van der Waals surface area contributed by atoms with Crippen LogP contribution in [0, 0.1) is 11.3 Å². The van der Waals surface area contributed by atoms with Gasteiger partial charge in [0.1, 0.15) is 0 Å². The molecule has 0 aliphatic heterocycles. The highest BCUT2D eigenvalue weighted by Gasteiger charge is 2.42. The van der Waals surface area contributed by atoms with Gasteiger partial charge < -0.3 is 5.32 Å². The van der Waals surface area contributed by atoms with Crippen molar-refractivity contribution in [1.29, 1.82) is 0 Å². The fourth-order valence-corrected chi connectivity index (χ4v) is 4.83. The predicted octanol–water partition coefficient (Wildman–Crippen LogP) is 5.60. The Morgan fingerprint density at radius 3 is 2.32 bits per heavy atom. The molecular weight excluding hydrogens is 350 g/mol. The molecule has 1 aliphatic carbocycles. The van der Waals surface area contributed by atoms with Crippen LogP contribution in [-0.2, 0) is 9.59 Å². The Balaban J connectivity index is 2.19. The van der Waals surface area contributed by atoms with E-state index in [1.54, 1.807) is 11.8 Å². The first-order chi connectivity index (χ1) is 11.9. The maximum absolute atomic E-state index is 13.1. The average Bonchev–Trinajstić information content (AvgIpc) is 2.62. The van der Waals surface area contributed by atoms with Crippen LogP contribution in [0.3, 0.4) is 0 Å². The lowest BCUT2D eigenvalue weighted by molar-refractivity contribution is -0.130. The maximum Gasteiger partial charge on any atom is 0.230 e. The van der Waals surface area contributed by atoms with E-state index in [1.807, 2.05) is 37.4 Å². The van der Waals surface area contributed by atoms with Crippen LogP contribution in [0.2, 0.25) is 0 Å². The van der Waals surface area contributed by atoms with Crippen LogP contribution < -0.4 is 5.32 Å². The second-order valence-corrected chi connectivity index (χ2v) is 9.35. The lowest BCUT2D eigenvalue weighted by atomic mass is 9.66. The Kier molecular flexibility index (Phi) is 7.44. The number of thioether (sulfide) groups is 2. The van der Waals surface area contributed by atoms with Crippen LogP contribution in [-0.4, -0.2) is 22.5 Å². The molecule has 1 aromatic carbocycles. The molecule has 0 bridgehead atoms. The standard InChI is InChI=1S/C20H29NO2S2/c1-14(2)20(12-8-5-9-13-20)19(23)21-16-10-6-7-11-17(16)25-18(22)15(3)24-4/h6-7,10-11,14-15H,5,8-9,12-13H2,1-4H3,(H,21,23). The van der Waals surface area contributed by atoms with Gasteiger partial charge in [-0.2, -0.15) is 11.8 Å². The van der Waals surface area contributed by atoms with Gasteiger partial charge in [0, 0.05) is 4.90 Å². The number of carbonyl (C=O) groups is 2. The van der Waals surface area contributed by atoms with Crippen molar-refractivity contribution in [3.8, 4) is 0 Å².